The zero-order valence-electron chi connectivity index (χ0n) is 8.33. The Labute approximate surface area is 87.7 Å². The van der Waals surface area contributed by atoms with Crippen LogP contribution in [-0.2, 0) is 5.54 Å². The molecular formula is C13H12FN. The van der Waals surface area contributed by atoms with Gasteiger partial charge in [-0.2, -0.15) is 0 Å². The number of nitrogens with two attached hydrogens (primary N) is 1. The summed E-state index contributed by atoms with van der Waals surface area (Å²) in [4.78, 5) is 0. The van der Waals surface area contributed by atoms with Gasteiger partial charge in [-0.25, -0.2) is 4.39 Å². The first-order valence-electron chi connectivity index (χ1n) is 5.16. The minimum Gasteiger partial charge on any atom is -0.321 e. The molecule has 15 heavy (non-hydrogen) atoms. The van der Waals surface area contributed by atoms with E-state index in [0.29, 0.717) is 0 Å². The van der Waals surface area contributed by atoms with E-state index in [1.54, 1.807) is 12.1 Å². The lowest BCUT2D eigenvalue weighted by molar-refractivity contribution is 0.629. The minimum absolute atomic E-state index is 0.109. The lowest BCUT2D eigenvalue weighted by Crippen LogP contribution is -2.18. The highest BCUT2D eigenvalue weighted by molar-refractivity contribution is 5.83. The lowest BCUT2D eigenvalue weighted by Gasteiger charge is -2.09. The van der Waals surface area contributed by atoms with Gasteiger partial charge in [0.2, 0.25) is 0 Å². The van der Waals surface area contributed by atoms with Crippen LogP contribution in [0.4, 0.5) is 4.39 Å². The van der Waals surface area contributed by atoms with Crippen LogP contribution in [-0.4, -0.2) is 0 Å². The minimum atomic E-state index is -0.191. The molecule has 0 aliphatic heterocycles. The van der Waals surface area contributed by atoms with Crippen LogP contribution in [0.2, 0.25) is 0 Å². The molecule has 1 aliphatic rings. The maximum atomic E-state index is 13.0. The van der Waals surface area contributed by atoms with Crippen LogP contribution in [0.15, 0.2) is 36.4 Å². The number of benzene rings is 2. The Kier molecular flexibility index (Phi) is 1.65. The second kappa shape index (κ2) is 2.80. The van der Waals surface area contributed by atoms with Crippen molar-refractivity contribution in [2.45, 2.75) is 18.4 Å². The van der Waals surface area contributed by atoms with Gasteiger partial charge in [-0.1, -0.05) is 18.2 Å². The fraction of sp³-hybridized carbons (Fsp3) is 0.231. The Morgan fingerprint density at radius 2 is 1.67 bits per heavy atom. The summed E-state index contributed by atoms with van der Waals surface area (Å²) in [5, 5.41) is 1.99. The number of hydrogen-bond acceptors (Lipinski definition) is 1. The fourth-order valence-corrected chi connectivity index (χ4v) is 1.95. The molecule has 0 amide bonds. The Bertz CT molecular complexity index is 529. The molecule has 1 aliphatic carbocycles. The summed E-state index contributed by atoms with van der Waals surface area (Å²) in [6.45, 7) is 0. The predicted molar refractivity (Wildman–Crippen MR) is 59.0 cm³/mol. The molecule has 1 nitrogen and oxygen atoms in total. The Morgan fingerprint density at radius 1 is 1.00 bits per heavy atom. The standard InChI is InChI=1S/C13H12FN/c14-12-4-2-9-7-11(13(15)5-6-13)3-1-10(9)8-12/h1-4,7-8H,5-6,15H2. The Hall–Kier alpha value is -1.41. The van der Waals surface area contributed by atoms with Crippen LogP contribution in [0.5, 0.6) is 0 Å². The Balaban J connectivity index is 2.18. The molecule has 0 saturated heterocycles. The summed E-state index contributed by atoms with van der Waals surface area (Å²) in [5.41, 5.74) is 7.17. The van der Waals surface area contributed by atoms with E-state index in [9.17, 15) is 4.39 Å². The van der Waals surface area contributed by atoms with Crippen LogP contribution >= 0.6 is 0 Å². The van der Waals surface area contributed by atoms with Crippen LogP contribution in [0.25, 0.3) is 10.8 Å². The molecule has 0 aromatic heterocycles. The monoisotopic (exact) mass is 201 g/mol. The summed E-state index contributed by atoms with van der Waals surface area (Å²) in [6.07, 6.45) is 2.11. The molecule has 0 atom stereocenters. The van der Waals surface area contributed by atoms with Gasteiger partial charge in [-0.05, 0) is 47.4 Å². The molecule has 2 aromatic rings. The molecule has 2 N–H and O–H groups in total. The Morgan fingerprint density at radius 3 is 2.40 bits per heavy atom. The van der Waals surface area contributed by atoms with E-state index >= 15 is 0 Å². The molecule has 0 heterocycles. The first kappa shape index (κ1) is 8.86. The molecule has 3 rings (SSSR count). The summed E-state index contributed by atoms with van der Waals surface area (Å²) >= 11 is 0. The van der Waals surface area contributed by atoms with Gasteiger partial charge in [-0.15, -0.1) is 0 Å². The van der Waals surface area contributed by atoms with E-state index in [1.165, 1.54) is 11.6 Å². The molecule has 1 saturated carbocycles. The van der Waals surface area contributed by atoms with Crippen molar-refractivity contribution in [3.05, 3.63) is 47.8 Å². The van der Waals surface area contributed by atoms with Gasteiger partial charge in [0, 0.05) is 5.54 Å². The molecule has 0 spiro atoms. The van der Waals surface area contributed by atoms with E-state index in [1.807, 2.05) is 12.1 Å². The van der Waals surface area contributed by atoms with E-state index in [-0.39, 0.29) is 11.4 Å². The summed E-state index contributed by atoms with van der Waals surface area (Å²) in [6, 6.07) is 10.9. The fourth-order valence-electron chi connectivity index (χ4n) is 1.95. The third kappa shape index (κ3) is 1.41. The lowest BCUT2D eigenvalue weighted by atomic mass is 10.0. The maximum Gasteiger partial charge on any atom is 0.123 e. The van der Waals surface area contributed by atoms with Crippen LogP contribution in [0, 0.1) is 5.82 Å². The molecule has 76 valence electrons. The van der Waals surface area contributed by atoms with Gasteiger partial charge >= 0.3 is 0 Å². The maximum absolute atomic E-state index is 13.0. The molecule has 1 fully saturated rings. The predicted octanol–water partition coefficient (Wildman–Crippen LogP) is 2.93. The zero-order chi connectivity index (χ0) is 10.5. The van der Waals surface area contributed by atoms with Crippen molar-refractivity contribution in [2.75, 3.05) is 0 Å². The van der Waals surface area contributed by atoms with E-state index in [4.69, 9.17) is 5.73 Å². The van der Waals surface area contributed by atoms with Gasteiger partial charge in [0.15, 0.2) is 0 Å². The SMILES string of the molecule is NC1(c2ccc3cc(F)ccc3c2)CC1. The summed E-state index contributed by atoms with van der Waals surface area (Å²) < 4.78 is 13.0. The zero-order valence-corrected chi connectivity index (χ0v) is 8.33. The van der Waals surface area contributed by atoms with Gasteiger partial charge in [-0.3, -0.25) is 0 Å². The normalized spacial score (nSPS) is 18.0. The quantitative estimate of drug-likeness (QED) is 0.754. The molecule has 0 unspecified atom stereocenters. The topological polar surface area (TPSA) is 26.0 Å². The molecular weight excluding hydrogens is 189 g/mol. The summed E-state index contributed by atoms with van der Waals surface area (Å²) in [5.74, 6) is -0.191. The first-order chi connectivity index (χ1) is 7.17. The highest BCUT2D eigenvalue weighted by Crippen LogP contribution is 2.43. The van der Waals surface area contributed by atoms with Gasteiger partial charge in [0.05, 0.1) is 0 Å². The average Bonchev–Trinajstić information content (AvgIpc) is 2.97. The first-order valence-corrected chi connectivity index (χ1v) is 5.16. The average molecular weight is 201 g/mol. The second-order valence-electron chi connectivity index (χ2n) is 4.36. The largest absolute Gasteiger partial charge is 0.321 e. The van der Waals surface area contributed by atoms with E-state index in [2.05, 4.69) is 6.07 Å². The van der Waals surface area contributed by atoms with Crippen molar-refractivity contribution < 1.29 is 4.39 Å². The van der Waals surface area contributed by atoms with Gasteiger partial charge in [0.1, 0.15) is 5.82 Å². The van der Waals surface area contributed by atoms with E-state index in [0.717, 1.165) is 23.6 Å². The van der Waals surface area contributed by atoms with Gasteiger partial charge < -0.3 is 5.73 Å². The number of hydrogen-bond donors (Lipinski definition) is 1. The number of fused-ring (bicyclic) bond motifs is 1. The van der Waals surface area contributed by atoms with Crippen LogP contribution in [0.3, 0.4) is 0 Å². The third-order valence-corrected chi connectivity index (χ3v) is 3.17. The number of rotatable bonds is 1. The van der Waals surface area contributed by atoms with Crippen molar-refractivity contribution in [2.24, 2.45) is 5.73 Å². The van der Waals surface area contributed by atoms with Gasteiger partial charge in [0.25, 0.3) is 0 Å². The molecule has 2 heteroatoms. The van der Waals surface area contributed by atoms with Crippen LogP contribution in [0.1, 0.15) is 18.4 Å². The third-order valence-electron chi connectivity index (χ3n) is 3.17. The van der Waals surface area contributed by atoms with Crippen molar-refractivity contribution in [3.8, 4) is 0 Å². The summed E-state index contributed by atoms with van der Waals surface area (Å²) in [7, 11) is 0. The highest BCUT2D eigenvalue weighted by atomic mass is 19.1. The van der Waals surface area contributed by atoms with Crippen molar-refractivity contribution in [3.63, 3.8) is 0 Å². The molecule has 2 aromatic carbocycles. The second-order valence-corrected chi connectivity index (χ2v) is 4.36. The molecule has 0 radical (unpaired) electrons. The van der Waals surface area contributed by atoms with E-state index < -0.39 is 0 Å². The smallest absolute Gasteiger partial charge is 0.123 e. The van der Waals surface area contributed by atoms with Crippen molar-refractivity contribution in [1.82, 2.24) is 0 Å². The number of halogens is 1. The molecule has 0 bridgehead atoms. The van der Waals surface area contributed by atoms with Crippen molar-refractivity contribution in [1.29, 1.82) is 0 Å². The van der Waals surface area contributed by atoms with Crippen molar-refractivity contribution >= 4 is 10.8 Å². The van der Waals surface area contributed by atoms with Crippen LogP contribution < -0.4 is 5.73 Å². The highest BCUT2D eigenvalue weighted by Gasteiger charge is 2.39.